The first-order chi connectivity index (χ1) is 2.00. The van der Waals surface area contributed by atoms with Gasteiger partial charge in [0.1, 0.15) is 0 Å². The fourth-order valence-corrected chi connectivity index (χ4v) is 0. The van der Waals surface area contributed by atoms with Crippen LogP contribution in [0.15, 0.2) is 0 Å². The number of hydrogen-bond donors (Lipinski definition) is 1. The molecule has 0 spiro atoms. The second-order valence-corrected chi connectivity index (χ2v) is 2.17. The maximum absolute atomic E-state index is 8.52. The van der Waals surface area contributed by atoms with Crippen molar-refractivity contribution in [2.45, 2.75) is 26.4 Å². The van der Waals surface area contributed by atoms with Gasteiger partial charge < -0.3 is 5.11 Å². The Bertz CT molecular complexity index is 27.2. The summed E-state index contributed by atoms with van der Waals surface area (Å²) in [7, 11) is 0. The van der Waals surface area contributed by atoms with E-state index < -0.39 is 5.60 Å². The molecule has 0 aliphatic heterocycles. The van der Waals surface area contributed by atoms with Crippen LogP contribution < -0.4 is 0 Å². The van der Waals surface area contributed by atoms with Gasteiger partial charge in [0.25, 0.3) is 0 Å². The Labute approximate surface area is 72.5 Å². The molecule has 0 amide bonds. The van der Waals surface area contributed by atoms with Crippen molar-refractivity contribution in [1.29, 1.82) is 0 Å². The quantitative estimate of drug-likeness (QED) is 0.601. The van der Waals surface area contributed by atoms with E-state index in [2.05, 4.69) is 0 Å². The van der Waals surface area contributed by atoms with Crippen LogP contribution in [0.4, 0.5) is 0 Å². The van der Waals surface area contributed by atoms with Crippen LogP contribution in [-0.2, 0) is 41.2 Å². The Hall–Kier alpha value is 1.30. The Morgan fingerprint density at radius 3 is 1.14 bits per heavy atom. The maximum atomic E-state index is 8.52. The van der Waals surface area contributed by atoms with Gasteiger partial charge in [0.05, 0.1) is 5.60 Å². The molecule has 44 valence electrons. The molecule has 0 bridgehead atoms. The van der Waals surface area contributed by atoms with Crippen molar-refractivity contribution in [3.63, 3.8) is 0 Å². The molecule has 0 rings (SSSR count). The minimum atomic E-state index is -0.500. The maximum Gasteiger partial charge on any atom is 0.0563 e. The van der Waals surface area contributed by atoms with Crippen molar-refractivity contribution in [3.05, 3.63) is 0 Å². The first-order valence-electron chi connectivity index (χ1n) is 1.72. The molecule has 0 aromatic rings. The molecule has 0 aromatic heterocycles. The van der Waals surface area contributed by atoms with Crippen LogP contribution in [0.3, 0.4) is 0 Å². The van der Waals surface area contributed by atoms with E-state index in [1.807, 2.05) is 0 Å². The molecule has 0 fully saturated rings. The van der Waals surface area contributed by atoms with Gasteiger partial charge in [0, 0.05) is 41.2 Å². The molecule has 0 radical (unpaired) electrons. The van der Waals surface area contributed by atoms with Crippen LogP contribution in [0, 0.1) is 0 Å². The summed E-state index contributed by atoms with van der Waals surface area (Å²) in [5.74, 6) is 0. The molecule has 1 nitrogen and oxygen atoms in total. The van der Waals surface area contributed by atoms with Crippen LogP contribution in [0.25, 0.3) is 0 Å². The zero-order valence-corrected chi connectivity index (χ0v) is 8.10. The third-order valence-electron chi connectivity index (χ3n) is 0. The molecule has 0 saturated carbocycles. The van der Waals surface area contributed by atoms with E-state index in [9.17, 15) is 0 Å². The van der Waals surface area contributed by atoms with Crippen molar-refractivity contribution in [1.82, 2.24) is 0 Å². The third-order valence-corrected chi connectivity index (χ3v) is 0. The van der Waals surface area contributed by atoms with E-state index in [4.69, 9.17) is 5.11 Å². The van der Waals surface area contributed by atoms with Gasteiger partial charge in [0.15, 0.2) is 0 Å². The largest absolute Gasteiger partial charge is 0.391 e. The molecule has 3 heteroatoms. The zero-order valence-electron chi connectivity index (χ0n) is 4.80. The molecule has 0 aliphatic carbocycles. The summed E-state index contributed by atoms with van der Waals surface area (Å²) in [6.45, 7) is 5.23. The van der Waals surface area contributed by atoms with E-state index in [0.717, 1.165) is 0 Å². The standard InChI is InChI=1S/C4H10O.Ru.Ti/c1-4(2,3)5;;/h5H,1-3H3;;. The summed E-state index contributed by atoms with van der Waals surface area (Å²) in [6.07, 6.45) is 0. The first-order valence-corrected chi connectivity index (χ1v) is 1.72. The van der Waals surface area contributed by atoms with E-state index >= 15 is 0 Å². The van der Waals surface area contributed by atoms with Crippen LogP contribution in [-0.4, -0.2) is 10.7 Å². The van der Waals surface area contributed by atoms with Crippen LogP contribution in [0.5, 0.6) is 0 Å². The van der Waals surface area contributed by atoms with Crippen LogP contribution >= 0.6 is 0 Å². The average Bonchev–Trinajstić information content (AvgIpc) is 0.722. The van der Waals surface area contributed by atoms with Crippen LogP contribution in [0.1, 0.15) is 20.8 Å². The number of hydrogen-bond acceptors (Lipinski definition) is 1. The Morgan fingerprint density at radius 1 is 1.14 bits per heavy atom. The average molecular weight is 223 g/mol. The van der Waals surface area contributed by atoms with E-state index in [1.54, 1.807) is 20.8 Å². The van der Waals surface area contributed by atoms with Gasteiger partial charge in [-0.3, -0.25) is 0 Å². The summed E-state index contributed by atoms with van der Waals surface area (Å²) < 4.78 is 0. The van der Waals surface area contributed by atoms with Crippen LogP contribution in [0.2, 0.25) is 0 Å². The number of aliphatic hydroxyl groups is 1. The molecular formula is C4H10ORuTi. The van der Waals surface area contributed by atoms with E-state index in [-0.39, 0.29) is 41.2 Å². The van der Waals surface area contributed by atoms with Crippen molar-refractivity contribution in [3.8, 4) is 0 Å². The van der Waals surface area contributed by atoms with Gasteiger partial charge in [-0.1, -0.05) is 0 Å². The topological polar surface area (TPSA) is 20.2 Å². The van der Waals surface area contributed by atoms with E-state index in [1.165, 1.54) is 0 Å². The summed E-state index contributed by atoms with van der Waals surface area (Å²) in [6, 6.07) is 0. The van der Waals surface area contributed by atoms with Gasteiger partial charge in [-0.05, 0) is 20.8 Å². The van der Waals surface area contributed by atoms with Gasteiger partial charge in [-0.2, -0.15) is 0 Å². The SMILES string of the molecule is CC(C)(C)O.[Ru].[Ti]. The van der Waals surface area contributed by atoms with Gasteiger partial charge in [-0.15, -0.1) is 0 Å². The second-order valence-electron chi connectivity index (χ2n) is 2.17. The van der Waals surface area contributed by atoms with Crippen molar-refractivity contribution in [2.75, 3.05) is 0 Å². The normalized spacial score (nSPS) is 8.57. The molecule has 0 aliphatic rings. The molecule has 1 N–H and O–H groups in total. The summed E-state index contributed by atoms with van der Waals surface area (Å²) >= 11 is 0. The minimum absolute atomic E-state index is 0. The number of rotatable bonds is 0. The minimum Gasteiger partial charge on any atom is -0.391 e. The van der Waals surface area contributed by atoms with Crippen molar-refractivity contribution < 1.29 is 46.3 Å². The molecule has 7 heavy (non-hydrogen) atoms. The Kier molecular flexibility index (Phi) is 12.2. The predicted molar refractivity (Wildman–Crippen MR) is 22.0 cm³/mol. The third kappa shape index (κ3) is 122. The molecule has 0 heterocycles. The Balaban J connectivity index is -0.0000000800. The smallest absolute Gasteiger partial charge is 0.0563 e. The Morgan fingerprint density at radius 2 is 1.14 bits per heavy atom. The first kappa shape index (κ1) is 15.7. The summed E-state index contributed by atoms with van der Waals surface area (Å²) in [5, 5.41) is 8.52. The van der Waals surface area contributed by atoms with Crippen molar-refractivity contribution in [2.24, 2.45) is 0 Å². The fourth-order valence-electron chi connectivity index (χ4n) is 0. The molecule has 0 unspecified atom stereocenters. The monoisotopic (exact) mass is 224 g/mol. The fraction of sp³-hybridized carbons (Fsp3) is 1.00. The molecule has 0 saturated heterocycles. The second kappa shape index (κ2) is 5.43. The van der Waals surface area contributed by atoms with Crippen molar-refractivity contribution >= 4 is 0 Å². The summed E-state index contributed by atoms with van der Waals surface area (Å²) in [5.41, 5.74) is -0.500. The van der Waals surface area contributed by atoms with Gasteiger partial charge >= 0.3 is 0 Å². The molecule has 0 aromatic carbocycles. The zero-order chi connectivity index (χ0) is 4.50. The molecule has 0 atom stereocenters. The van der Waals surface area contributed by atoms with E-state index in [0.29, 0.717) is 0 Å². The van der Waals surface area contributed by atoms with Gasteiger partial charge in [0.2, 0.25) is 0 Å². The summed E-state index contributed by atoms with van der Waals surface area (Å²) in [4.78, 5) is 0. The van der Waals surface area contributed by atoms with Gasteiger partial charge in [-0.25, -0.2) is 0 Å². The molecular weight excluding hydrogens is 213 g/mol. The predicted octanol–water partition coefficient (Wildman–Crippen LogP) is 0.772.